The maximum atomic E-state index is 12.4. The Bertz CT molecular complexity index is 759. The molecule has 1 aliphatic heterocycles. The van der Waals surface area contributed by atoms with Gasteiger partial charge in [0.2, 0.25) is 15.9 Å². The second-order valence-electron chi connectivity index (χ2n) is 7.18. The van der Waals surface area contributed by atoms with Gasteiger partial charge in [0.1, 0.15) is 0 Å². The zero-order chi connectivity index (χ0) is 20.7. The van der Waals surface area contributed by atoms with Gasteiger partial charge in [0, 0.05) is 37.7 Å². The molecule has 156 valence electrons. The summed E-state index contributed by atoms with van der Waals surface area (Å²) in [6.45, 7) is 6.08. The predicted octanol–water partition coefficient (Wildman–Crippen LogP) is 0.750. The number of nitrogens with zero attached hydrogens (tertiary/aromatic N) is 1. The summed E-state index contributed by atoms with van der Waals surface area (Å²) in [5.74, 6) is -0.720. The minimum Gasteiger partial charge on any atom is -0.373 e. The summed E-state index contributed by atoms with van der Waals surface area (Å²) < 4.78 is 31.9. The zero-order valence-corrected chi connectivity index (χ0v) is 17.4. The van der Waals surface area contributed by atoms with Crippen LogP contribution in [-0.4, -0.2) is 68.2 Å². The van der Waals surface area contributed by atoms with Crippen molar-refractivity contribution in [2.24, 2.45) is 0 Å². The number of benzene rings is 1. The van der Waals surface area contributed by atoms with E-state index in [1.54, 1.807) is 31.2 Å². The lowest BCUT2D eigenvalue weighted by molar-refractivity contribution is -0.121. The fraction of sp³-hybridized carbons (Fsp3) is 0.579. The average Bonchev–Trinajstić information content (AvgIpc) is 2.61. The molecule has 1 aromatic carbocycles. The van der Waals surface area contributed by atoms with Gasteiger partial charge in [-0.05, 0) is 32.9 Å². The first kappa shape index (κ1) is 22.3. The Balaban J connectivity index is 1.73. The maximum absolute atomic E-state index is 12.4. The Kier molecular flexibility index (Phi) is 7.97. The molecule has 1 saturated heterocycles. The molecular formula is C19H29N3O5S. The number of rotatable bonds is 8. The van der Waals surface area contributed by atoms with Crippen molar-refractivity contribution in [3.8, 4) is 0 Å². The molecule has 0 aromatic heterocycles. The second-order valence-corrected chi connectivity index (χ2v) is 9.27. The van der Waals surface area contributed by atoms with E-state index in [-0.39, 0.29) is 48.8 Å². The van der Waals surface area contributed by atoms with Gasteiger partial charge in [0.25, 0.3) is 5.91 Å². The molecule has 28 heavy (non-hydrogen) atoms. The Morgan fingerprint density at radius 3 is 2.39 bits per heavy atom. The monoisotopic (exact) mass is 411 g/mol. The summed E-state index contributed by atoms with van der Waals surface area (Å²) in [7, 11) is -3.46. The van der Waals surface area contributed by atoms with Gasteiger partial charge in [0.15, 0.2) is 0 Å². The Labute approximate surface area is 166 Å². The van der Waals surface area contributed by atoms with Crippen LogP contribution in [0.1, 0.15) is 37.6 Å². The molecule has 1 fully saturated rings. The average molecular weight is 412 g/mol. The molecule has 2 rings (SSSR count). The van der Waals surface area contributed by atoms with Gasteiger partial charge < -0.3 is 15.4 Å². The van der Waals surface area contributed by atoms with Crippen molar-refractivity contribution in [2.75, 3.05) is 25.4 Å². The first-order chi connectivity index (χ1) is 13.2. The van der Waals surface area contributed by atoms with E-state index in [0.717, 1.165) is 0 Å². The van der Waals surface area contributed by atoms with Crippen LogP contribution in [0, 0.1) is 0 Å². The van der Waals surface area contributed by atoms with Crippen molar-refractivity contribution in [1.29, 1.82) is 0 Å². The molecule has 2 amide bonds. The van der Waals surface area contributed by atoms with Crippen LogP contribution in [-0.2, 0) is 19.6 Å². The molecule has 1 heterocycles. The van der Waals surface area contributed by atoms with E-state index in [4.69, 9.17) is 4.74 Å². The fourth-order valence-corrected chi connectivity index (χ4v) is 4.60. The number of amides is 2. The fourth-order valence-electron chi connectivity index (χ4n) is 3.10. The summed E-state index contributed by atoms with van der Waals surface area (Å²) in [6.07, 6.45) is -0.228. The summed E-state index contributed by atoms with van der Waals surface area (Å²) >= 11 is 0. The van der Waals surface area contributed by atoms with Gasteiger partial charge in [-0.3, -0.25) is 9.59 Å². The molecular weight excluding hydrogens is 382 g/mol. The van der Waals surface area contributed by atoms with E-state index < -0.39 is 10.0 Å². The van der Waals surface area contributed by atoms with Crippen LogP contribution >= 0.6 is 0 Å². The molecule has 1 aliphatic rings. The molecule has 2 N–H and O–H groups in total. The standard InChI is InChI=1S/C19H29N3O5S/c1-14(21-19(24)17-7-5-4-6-8-17)11-18(23)20-9-10-28(25,26)22-12-15(2)27-16(3)13-22/h4-8,14-16H,9-13H2,1-3H3,(H,20,23)(H,21,24). The SMILES string of the molecule is CC(CC(=O)NCCS(=O)(=O)N1CC(C)OC(C)C1)NC(=O)c1ccccc1. The zero-order valence-electron chi connectivity index (χ0n) is 16.6. The minimum absolute atomic E-state index is 0.0284. The predicted molar refractivity (Wildman–Crippen MR) is 106 cm³/mol. The molecule has 1 aromatic rings. The van der Waals surface area contributed by atoms with E-state index in [1.807, 2.05) is 19.9 Å². The first-order valence-corrected chi connectivity index (χ1v) is 11.0. The largest absolute Gasteiger partial charge is 0.373 e. The highest BCUT2D eigenvalue weighted by Crippen LogP contribution is 2.14. The number of nitrogens with one attached hydrogen (secondary N) is 2. The third-order valence-corrected chi connectivity index (χ3v) is 6.17. The third kappa shape index (κ3) is 6.88. The lowest BCUT2D eigenvalue weighted by atomic mass is 10.1. The van der Waals surface area contributed by atoms with Crippen molar-refractivity contribution in [3.05, 3.63) is 35.9 Å². The summed E-state index contributed by atoms with van der Waals surface area (Å²) in [5, 5.41) is 5.37. The lowest BCUT2D eigenvalue weighted by Gasteiger charge is -2.34. The van der Waals surface area contributed by atoms with Gasteiger partial charge in [-0.2, -0.15) is 4.31 Å². The van der Waals surface area contributed by atoms with Crippen molar-refractivity contribution in [1.82, 2.24) is 14.9 Å². The van der Waals surface area contributed by atoms with Crippen molar-refractivity contribution in [3.63, 3.8) is 0 Å². The van der Waals surface area contributed by atoms with Crippen LogP contribution in [0.4, 0.5) is 0 Å². The van der Waals surface area contributed by atoms with E-state index in [9.17, 15) is 18.0 Å². The molecule has 0 spiro atoms. The van der Waals surface area contributed by atoms with Crippen molar-refractivity contribution < 1.29 is 22.7 Å². The van der Waals surface area contributed by atoms with Gasteiger partial charge in [0.05, 0.1) is 18.0 Å². The van der Waals surface area contributed by atoms with Crippen LogP contribution in [0.2, 0.25) is 0 Å². The summed E-state index contributed by atoms with van der Waals surface area (Å²) in [5.41, 5.74) is 0.523. The van der Waals surface area contributed by atoms with E-state index in [1.165, 1.54) is 4.31 Å². The highest BCUT2D eigenvalue weighted by molar-refractivity contribution is 7.89. The number of hydrogen-bond acceptors (Lipinski definition) is 5. The van der Waals surface area contributed by atoms with Crippen LogP contribution < -0.4 is 10.6 Å². The molecule has 3 atom stereocenters. The Hall–Kier alpha value is -1.97. The van der Waals surface area contributed by atoms with Crippen LogP contribution in [0.3, 0.4) is 0 Å². The van der Waals surface area contributed by atoms with Gasteiger partial charge in [-0.25, -0.2) is 8.42 Å². The molecule has 9 heteroatoms. The molecule has 0 radical (unpaired) electrons. The van der Waals surface area contributed by atoms with E-state index in [2.05, 4.69) is 10.6 Å². The second kappa shape index (κ2) is 9.99. The quantitative estimate of drug-likeness (QED) is 0.657. The van der Waals surface area contributed by atoms with Crippen molar-refractivity contribution >= 4 is 21.8 Å². The number of carbonyl (C=O) groups excluding carboxylic acids is 2. The van der Waals surface area contributed by atoms with E-state index in [0.29, 0.717) is 18.7 Å². The van der Waals surface area contributed by atoms with Crippen LogP contribution in [0.25, 0.3) is 0 Å². The molecule has 0 saturated carbocycles. The highest BCUT2D eigenvalue weighted by atomic mass is 32.2. The van der Waals surface area contributed by atoms with Gasteiger partial charge in [-0.15, -0.1) is 0 Å². The first-order valence-electron chi connectivity index (χ1n) is 9.43. The van der Waals surface area contributed by atoms with Crippen LogP contribution in [0.15, 0.2) is 30.3 Å². The number of sulfonamides is 1. The van der Waals surface area contributed by atoms with Gasteiger partial charge in [-0.1, -0.05) is 18.2 Å². The summed E-state index contributed by atoms with van der Waals surface area (Å²) in [6, 6.07) is 8.37. The maximum Gasteiger partial charge on any atom is 0.251 e. The lowest BCUT2D eigenvalue weighted by Crippen LogP contribution is -2.49. The Morgan fingerprint density at radius 2 is 1.79 bits per heavy atom. The van der Waals surface area contributed by atoms with Gasteiger partial charge >= 0.3 is 0 Å². The molecule has 0 aliphatic carbocycles. The topological polar surface area (TPSA) is 105 Å². The van der Waals surface area contributed by atoms with E-state index >= 15 is 0 Å². The molecule has 3 unspecified atom stereocenters. The number of morpholine rings is 1. The highest BCUT2D eigenvalue weighted by Gasteiger charge is 2.30. The summed E-state index contributed by atoms with van der Waals surface area (Å²) in [4.78, 5) is 24.1. The third-order valence-electron chi connectivity index (χ3n) is 4.37. The Morgan fingerprint density at radius 1 is 1.18 bits per heavy atom. The molecule has 8 nitrogen and oxygen atoms in total. The number of carbonyl (C=O) groups is 2. The number of hydrogen-bond donors (Lipinski definition) is 2. The molecule has 0 bridgehead atoms. The minimum atomic E-state index is -3.46. The smallest absolute Gasteiger partial charge is 0.251 e. The van der Waals surface area contributed by atoms with Crippen LogP contribution in [0.5, 0.6) is 0 Å². The normalized spacial score (nSPS) is 21.7. The van der Waals surface area contributed by atoms with Crippen molar-refractivity contribution in [2.45, 2.75) is 45.4 Å². The number of ether oxygens (including phenoxy) is 1.